The molecule has 0 spiro atoms. The fourth-order valence-electron chi connectivity index (χ4n) is 2.60. The van der Waals surface area contributed by atoms with E-state index >= 15 is 0 Å². The summed E-state index contributed by atoms with van der Waals surface area (Å²) in [6.45, 7) is 1.79. The Bertz CT molecular complexity index is 1020. The number of benzene rings is 2. The average Bonchev–Trinajstić information content (AvgIpc) is 3.15. The minimum atomic E-state index is -0.437. The summed E-state index contributed by atoms with van der Waals surface area (Å²) in [7, 11) is 1.56. The summed E-state index contributed by atoms with van der Waals surface area (Å²) >= 11 is 0. The Morgan fingerprint density at radius 2 is 1.85 bits per heavy atom. The van der Waals surface area contributed by atoms with Gasteiger partial charge in [-0.15, -0.1) is 0 Å². The van der Waals surface area contributed by atoms with Crippen LogP contribution in [0, 0.1) is 17.0 Å². The second-order valence-corrected chi connectivity index (χ2v) is 5.91. The number of nitro groups is 1. The molecule has 0 saturated carbocycles. The van der Waals surface area contributed by atoms with Gasteiger partial charge >= 0.3 is 0 Å². The normalized spacial score (nSPS) is 10.9. The third-order valence-corrected chi connectivity index (χ3v) is 4.02. The Hall–Kier alpha value is -3.67. The van der Waals surface area contributed by atoms with Gasteiger partial charge in [-0.3, -0.25) is 14.9 Å². The minimum Gasteiger partial charge on any atom is -0.497 e. The Kier molecular flexibility index (Phi) is 5.17. The molecule has 1 aromatic heterocycles. The molecule has 0 aliphatic carbocycles. The molecule has 6 heteroatoms. The number of nitrogens with zero attached hydrogens (tertiary/aromatic N) is 1. The number of furan rings is 1. The maximum atomic E-state index is 12.2. The van der Waals surface area contributed by atoms with Crippen molar-refractivity contribution in [1.82, 2.24) is 0 Å². The molecule has 0 N–H and O–H groups in total. The van der Waals surface area contributed by atoms with Crippen LogP contribution in [0.1, 0.15) is 21.7 Å². The van der Waals surface area contributed by atoms with Crippen molar-refractivity contribution >= 4 is 17.5 Å². The zero-order valence-corrected chi connectivity index (χ0v) is 14.8. The molecule has 0 unspecified atom stereocenters. The van der Waals surface area contributed by atoms with Gasteiger partial charge in [0.1, 0.15) is 17.3 Å². The topological polar surface area (TPSA) is 82.6 Å². The Morgan fingerprint density at radius 1 is 1.11 bits per heavy atom. The predicted molar refractivity (Wildman–Crippen MR) is 102 cm³/mol. The molecular formula is C21H17NO5. The first-order valence-corrected chi connectivity index (χ1v) is 8.19. The standard InChI is InChI=1S/C21H17NO5/c1-14-3-10-18(19(13-14)22(24)25)21-12-9-17(27-21)8-11-20(23)15-4-6-16(26-2)7-5-15/h3-13H,1-2H3/b11-8+. The SMILES string of the molecule is COc1ccc(C(=O)/C=C/c2ccc(-c3ccc(C)cc3[N+](=O)[O-])o2)cc1. The summed E-state index contributed by atoms with van der Waals surface area (Å²) in [5.41, 5.74) is 1.69. The quantitative estimate of drug-likeness (QED) is 0.264. The van der Waals surface area contributed by atoms with E-state index in [1.54, 1.807) is 62.6 Å². The molecule has 0 atom stereocenters. The van der Waals surface area contributed by atoms with Crippen LogP contribution >= 0.6 is 0 Å². The highest BCUT2D eigenvalue weighted by Gasteiger charge is 2.18. The highest BCUT2D eigenvalue weighted by Crippen LogP contribution is 2.32. The van der Waals surface area contributed by atoms with Crippen LogP contribution in [0.2, 0.25) is 0 Å². The average molecular weight is 363 g/mol. The molecule has 0 aliphatic rings. The van der Waals surface area contributed by atoms with E-state index < -0.39 is 4.92 Å². The molecule has 0 aliphatic heterocycles. The first-order valence-electron chi connectivity index (χ1n) is 8.19. The van der Waals surface area contributed by atoms with Crippen molar-refractivity contribution in [3.63, 3.8) is 0 Å². The fraction of sp³-hybridized carbons (Fsp3) is 0.0952. The smallest absolute Gasteiger partial charge is 0.280 e. The van der Waals surface area contributed by atoms with Gasteiger partial charge in [-0.05, 0) is 67.1 Å². The van der Waals surface area contributed by atoms with Gasteiger partial charge in [0, 0.05) is 11.6 Å². The van der Waals surface area contributed by atoms with Crippen LogP contribution in [0.5, 0.6) is 5.75 Å². The number of carbonyl (C=O) groups excluding carboxylic acids is 1. The molecule has 136 valence electrons. The number of nitro benzene ring substituents is 1. The van der Waals surface area contributed by atoms with Crippen molar-refractivity contribution in [3.05, 3.63) is 87.7 Å². The van der Waals surface area contributed by atoms with E-state index in [-0.39, 0.29) is 11.5 Å². The second-order valence-electron chi connectivity index (χ2n) is 5.91. The molecule has 0 bridgehead atoms. The van der Waals surface area contributed by atoms with E-state index in [0.717, 1.165) is 5.56 Å². The summed E-state index contributed by atoms with van der Waals surface area (Å²) in [6.07, 6.45) is 2.93. The third-order valence-electron chi connectivity index (χ3n) is 4.02. The summed E-state index contributed by atoms with van der Waals surface area (Å²) in [4.78, 5) is 23.0. The van der Waals surface area contributed by atoms with Crippen molar-refractivity contribution in [2.24, 2.45) is 0 Å². The first-order chi connectivity index (χ1) is 13.0. The Labute approximate surface area is 155 Å². The van der Waals surface area contributed by atoms with E-state index in [1.165, 1.54) is 18.2 Å². The molecule has 3 aromatic rings. The molecule has 0 fully saturated rings. The number of ether oxygens (including phenoxy) is 1. The molecule has 27 heavy (non-hydrogen) atoms. The first kappa shape index (κ1) is 18.1. The van der Waals surface area contributed by atoms with Crippen LogP contribution in [0.15, 0.2) is 65.1 Å². The molecule has 6 nitrogen and oxygen atoms in total. The van der Waals surface area contributed by atoms with Crippen molar-refractivity contribution in [1.29, 1.82) is 0 Å². The summed E-state index contributed by atoms with van der Waals surface area (Å²) in [5, 5.41) is 11.3. The zero-order valence-electron chi connectivity index (χ0n) is 14.8. The summed E-state index contributed by atoms with van der Waals surface area (Å²) in [5.74, 6) is 1.29. The molecule has 2 aromatic carbocycles. The summed E-state index contributed by atoms with van der Waals surface area (Å²) in [6, 6.07) is 15.0. The second kappa shape index (κ2) is 7.70. The van der Waals surface area contributed by atoms with Gasteiger partial charge in [0.2, 0.25) is 0 Å². The lowest BCUT2D eigenvalue weighted by Crippen LogP contribution is -1.93. The molecule has 0 saturated heterocycles. The minimum absolute atomic E-state index is 0.0193. The number of aryl methyl sites for hydroxylation is 1. The number of allylic oxidation sites excluding steroid dienone is 1. The Balaban J connectivity index is 1.81. The maximum absolute atomic E-state index is 12.2. The van der Waals surface area contributed by atoms with Crippen LogP contribution in [0.3, 0.4) is 0 Å². The van der Waals surface area contributed by atoms with Crippen LogP contribution < -0.4 is 4.74 Å². The van der Waals surface area contributed by atoms with Crippen molar-refractivity contribution in [3.8, 4) is 17.1 Å². The van der Waals surface area contributed by atoms with Gasteiger partial charge in [-0.1, -0.05) is 6.07 Å². The molecule has 0 radical (unpaired) electrons. The van der Waals surface area contributed by atoms with Crippen molar-refractivity contribution in [2.75, 3.05) is 7.11 Å². The predicted octanol–water partition coefficient (Wildman–Crippen LogP) is 5.07. The molecule has 1 heterocycles. The van der Waals surface area contributed by atoms with Gasteiger partial charge in [-0.2, -0.15) is 0 Å². The fourth-order valence-corrected chi connectivity index (χ4v) is 2.60. The van der Waals surface area contributed by atoms with E-state index in [0.29, 0.717) is 28.4 Å². The number of hydrogen-bond acceptors (Lipinski definition) is 5. The molecule has 0 amide bonds. The van der Waals surface area contributed by atoms with Gasteiger partial charge < -0.3 is 9.15 Å². The van der Waals surface area contributed by atoms with Crippen molar-refractivity contribution < 1.29 is 18.9 Å². The monoisotopic (exact) mass is 363 g/mol. The van der Waals surface area contributed by atoms with Crippen molar-refractivity contribution in [2.45, 2.75) is 6.92 Å². The van der Waals surface area contributed by atoms with Gasteiger partial charge in [0.25, 0.3) is 5.69 Å². The highest BCUT2D eigenvalue weighted by atomic mass is 16.6. The zero-order chi connectivity index (χ0) is 19.4. The van der Waals surface area contributed by atoms with E-state index in [2.05, 4.69) is 0 Å². The molecular weight excluding hydrogens is 346 g/mol. The summed E-state index contributed by atoms with van der Waals surface area (Å²) < 4.78 is 10.7. The van der Waals surface area contributed by atoms with E-state index in [9.17, 15) is 14.9 Å². The number of methoxy groups -OCH3 is 1. The van der Waals surface area contributed by atoms with Crippen LogP contribution in [0.4, 0.5) is 5.69 Å². The van der Waals surface area contributed by atoms with Crippen LogP contribution in [-0.4, -0.2) is 17.8 Å². The number of rotatable bonds is 6. The molecule has 3 rings (SSSR count). The van der Waals surface area contributed by atoms with Gasteiger partial charge in [0.05, 0.1) is 17.6 Å². The number of hydrogen-bond donors (Lipinski definition) is 0. The van der Waals surface area contributed by atoms with Gasteiger partial charge in [-0.25, -0.2) is 0 Å². The van der Waals surface area contributed by atoms with E-state index in [1.807, 2.05) is 0 Å². The van der Waals surface area contributed by atoms with Gasteiger partial charge in [0.15, 0.2) is 5.78 Å². The lowest BCUT2D eigenvalue weighted by atomic mass is 10.1. The van der Waals surface area contributed by atoms with E-state index in [4.69, 9.17) is 9.15 Å². The number of ketones is 1. The maximum Gasteiger partial charge on any atom is 0.280 e. The lowest BCUT2D eigenvalue weighted by molar-refractivity contribution is -0.384. The lowest BCUT2D eigenvalue weighted by Gasteiger charge is -2.01. The Morgan fingerprint density at radius 3 is 2.52 bits per heavy atom. The number of carbonyl (C=O) groups is 1. The largest absolute Gasteiger partial charge is 0.497 e. The third kappa shape index (κ3) is 4.12. The highest BCUT2D eigenvalue weighted by molar-refractivity contribution is 6.06. The van der Waals surface area contributed by atoms with Crippen LogP contribution in [0.25, 0.3) is 17.4 Å². The van der Waals surface area contributed by atoms with Crippen LogP contribution in [-0.2, 0) is 0 Å².